The molecule has 3 rings (SSSR count). The van der Waals surface area contributed by atoms with E-state index in [1.165, 1.54) is 0 Å². The highest BCUT2D eigenvalue weighted by atomic mass is 32.2. The number of H-pyrrole nitrogens is 1. The second-order valence-corrected chi connectivity index (χ2v) is 5.54. The zero-order chi connectivity index (χ0) is 14.7. The van der Waals surface area contributed by atoms with Gasteiger partial charge in [-0.2, -0.15) is 0 Å². The Morgan fingerprint density at radius 2 is 2.05 bits per heavy atom. The van der Waals surface area contributed by atoms with E-state index < -0.39 is 0 Å². The summed E-state index contributed by atoms with van der Waals surface area (Å²) in [7, 11) is 1.65. The van der Waals surface area contributed by atoms with Crippen LogP contribution in [0.5, 0.6) is 5.75 Å². The molecule has 0 spiro atoms. The van der Waals surface area contributed by atoms with Crippen molar-refractivity contribution in [2.75, 3.05) is 7.11 Å². The third-order valence-electron chi connectivity index (χ3n) is 3.16. The van der Waals surface area contributed by atoms with Gasteiger partial charge in [-0.05, 0) is 17.7 Å². The summed E-state index contributed by atoms with van der Waals surface area (Å²) in [6, 6.07) is 13.4. The van der Waals surface area contributed by atoms with Crippen molar-refractivity contribution in [2.45, 2.75) is 10.9 Å². The van der Waals surface area contributed by atoms with Gasteiger partial charge < -0.3 is 9.72 Å². The number of nitrogens with one attached hydrogen (secondary N) is 1. The summed E-state index contributed by atoms with van der Waals surface area (Å²) >= 11 is 1.63. The lowest BCUT2D eigenvalue weighted by atomic mass is 10.2. The second-order valence-electron chi connectivity index (χ2n) is 4.57. The summed E-state index contributed by atoms with van der Waals surface area (Å²) in [5.74, 6) is 1.60. The number of carbonyl (C=O) groups is 1. The molecule has 0 fully saturated rings. The molecule has 1 N–H and O–H groups in total. The minimum absolute atomic E-state index is 0.694. The van der Waals surface area contributed by atoms with Gasteiger partial charge in [0, 0.05) is 17.4 Å². The number of hydrogen-bond acceptors (Lipinski definition) is 4. The molecular formula is C16H14N2O2S. The van der Waals surface area contributed by atoms with E-state index >= 15 is 0 Å². The number of hydrogen-bond donors (Lipinski definition) is 1. The highest BCUT2D eigenvalue weighted by Crippen LogP contribution is 2.25. The number of fused-ring (bicyclic) bond motifs is 1. The van der Waals surface area contributed by atoms with Gasteiger partial charge in [0.15, 0.2) is 5.16 Å². The Hall–Kier alpha value is -2.27. The van der Waals surface area contributed by atoms with E-state index in [9.17, 15) is 4.79 Å². The molecule has 21 heavy (non-hydrogen) atoms. The van der Waals surface area contributed by atoms with Crippen LogP contribution in [-0.2, 0) is 5.75 Å². The summed E-state index contributed by atoms with van der Waals surface area (Å²) in [5.41, 5.74) is 3.74. The van der Waals surface area contributed by atoms with Gasteiger partial charge in [0.2, 0.25) is 0 Å². The molecule has 0 saturated carbocycles. The molecule has 0 radical (unpaired) electrons. The van der Waals surface area contributed by atoms with E-state index in [4.69, 9.17) is 4.74 Å². The van der Waals surface area contributed by atoms with Crippen LogP contribution in [0.25, 0.3) is 11.0 Å². The molecule has 0 atom stereocenters. The fraction of sp³-hybridized carbons (Fsp3) is 0.125. The molecule has 0 aliphatic carbocycles. The summed E-state index contributed by atoms with van der Waals surface area (Å²) in [4.78, 5) is 18.4. The van der Waals surface area contributed by atoms with E-state index in [1.54, 1.807) is 18.9 Å². The first-order valence-corrected chi connectivity index (χ1v) is 7.48. The SMILES string of the molecule is COc1ccc2[nH]c(SCc3ccc(C=O)cc3)nc2c1. The number of imidazole rings is 1. The summed E-state index contributed by atoms with van der Waals surface area (Å²) in [6.45, 7) is 0. The molecule has 106 valence electrons. The first-order valence-electron chi connectivity index (χ1n) is 6.49. The highest BCUT2D eigenvalue weighted by molar-refractivity contribution is 7.98. The fourth-order valence-corrected chi connectivity index (χ4v) is 2.84. The number of methoxy groups -OCH3 is 1. The number of ether oxygens (including phenoxy) is 1. The van der Waals surface area contributed by atoms with Crippen LogP contribution in [0.15, 0.2) is 47.6 Å². The van der Waals surface area contributed by atoms with Crippen molar-refractivity contribution in [3.8, 4) is 5.75 Å². The molecule has 0 amide bonds. The van der Waals surface area contributed by atoms with Crippen LogP contribution >= 0.6 is 11.8 Å². The number of aromatic nitrogens is 2. The fourth-order valence-electron chi connectivity index (χ4n) is 2.00. The number of benzene rings is 2. The van der Waals surface area contributed by atoms with Gasteiger partial charge in [0.05, 0.1) is 18.1 Å². The zero-order valence-corrected chi connectivity index (χ0v) is 12.3. The van der Waals surface area contributed by atoms with Crippen molar-refractivity contribution in [1.82, 2.24) is 9.97 Å². The summed E-state index contributed by atoms with van der Waals surface area (Å²) in [5, 5.41) is 0.873. The standard InChI is InChI=1S/C16H14N2O2S/c1-20-13-6-7-14-15(8-13)18-16(17-14)21-10-12-4-2-11(9-19)3-5-12/h2-9H,10H2,1H3,(H,17,18). The van der Waals surface area contributed by atoms with Crippen LogP contribution in [0.3, 0.4) is 0 Å². The van der Waals surface area contributed by atoms with Gasteiger partial charge in [-0.25, -0.2) is 4.98 Å². The molecule has 0 saturated heterocycles. The molecule has 2 aromatic carbocycles. The Morgan fingerprint density at radius 1 is 1.24 bits per heavy atom. The lowest BCUT2D eigenvalue weighted by Gasteiger charge is -1.99. The van der Waals surface area contributed by atoms with Crippen molar-refractivity contribution < 1.29 is 9.53 Å². The van der Waals surface area contributed by atoms with E-state index in [-0.39, 0.29) is 0 Å². The predicted octanol–water partition coefficient (Wildman–Crippen LogP) is 3.68. The van der Waals surface area contributed by atoms with Gasteiger partial charge in [0.1, 0.15) is 12.0 Å². The van der Waals surface area contributed by atoms with Crippen LogP contribution in [0.4, 0.5) is 0 Å². The van der Waals surface area contributed by atoms with E-state index in [0.29, 0.717) is 5.56 Å². The summed E-state index contributed by atoms with van der Waals surface area (Å²) < 4.78 is 5.19. The van der Waals surface area contributed by atoms with Gasteiger partial charge in [0.25, 0.3) is 0 Å². The van der Waals surface area contributed by atoms with Crippen molar-refractivity contribution in [1.29, 1.82) is 0 Å². The average Bonchev–Trinajstić information content (AvgIpc) is 2.95. The molecule has 0 aliphatic heterocycles. The first kappa shape index (κ1) is 13.7. The van der Waals surface area contributed by atoms with Crippen LogP contribution in [0.2, 0.25) is 0 Å². The Morgan fingerprint density at radius 3 is 2.76 bits per heavy atom. The van der Waals surface area contributed by atoms with Crippen molar-refractivity contribution in [3.05, 3.63) is 53.6 Å². The van der Waals surface area contributed by atoms with Crippen molar-refractivity contribution in [3.63, 3.8) is 0 Å². The molecule has 1 aromatic heterocycles. The third-order valence-corrected chi connectivity index (χ3v) is 4.10. The number of aromatic amines is 1. The lowest BCUT2D eigenvalue weighted by Crippen LogP contribution is -1.84. The average molecular weight is 298 g/mol. The van der Waals surface area contributed by atoms with E-state index in [1.807, 2.05) is 42.5 Å². The third kappa shape index (κ3) is 3.08. The largest absolute Gasteiger partial charge is 0.497 e. The number of thioether (sulfide) groups is 1. The van der Waals surface area contributed by atoms with Gasteiger partial charge in [-0.3, -0.25) is 4.79 Å². The highest BCUT2D eigenvalue weighted by Gasteiger charge is 2.05. The molecule has 0 aliphatic rings. The molecule has 3 aromatic rings. The molecule has 1 heterocycles. The quantitative estimate of drug-likeness (QED) is 0.576. The second kappa shape index (κ2) is 6.01. The molecule has 0 unspecified atom stereocenters. The number of aldehydes is 1. The van der Waals surface area contributed by atoms with Gasteiger partial charge >= 0.3 is 0 Å². The predicted molar refractivity (Wildman–Crippen MR) is 84.0 cm³/mol. The molecular weight excluding hydrogens is 284 g/mol. The monoisotopic (exact) mass is 298 g/mol. The van der Waals surface area contributed by atoms with Gasteiger partial charge in [-0.15, -0.1) is 0 Å². The Kier molecular flexibility index (Phi) is 3.92. The van der Waals surface area contributed by atoms with E-state index in [2.05, 4.69) is 9.97 Å². The minimum atomic E-state index is 0.694. The zero-order valence-electron chi connectivity index (χ0n) is 11.5. The smallest absolute Gasteiger partial charge is 0.166 e. The maximum Gasteiger partial charge on any atom is 0.166 e. The minimum Gasteiger partial charge on any atom is -0.497 e. The lowest BCUT2D eigenvalue weighted by molar-refractivity contribution is 0.112. The topological polar surface area (TPSA) is 55.0 Å². The van der Waals surface area contributed by atoms with Crippen LogP contribution < -0.4 is 4.74 Å². The molecule has 4 nitrogen and oxygen atoms in total. The summed E-state index contributed by atoms with van der Waals surface area (Å²) in [6.07, 6.45) is 0.851. The normalized spacial score (nSPS) is 10.7. The number of nitrogens with zero attached hydrogens (tertiary/aromatic N) is 1. The number of carbonyl (C=O) groups excluding carboxylic acids is 1. The first-order chi connectivity index (χ1) is 10.3. The molecule has 0 bridgehead atoms. The van der Waals surface area contributed by atoms with E-state index in [0.717, 1.165) is 39.5 Å². The number of rotatable bonds is 5. The van der Waals surface area contributed by atoms with Crippen LogP contribution in [-0.4, -0.2) is 23.4 Å². The maximum absolute atomic E-state index is 10.6. The Balaban J connectivity index is 1.73. The van der Waals surface area contributed by atoms with Crippen LogP contribution in [0.1, 0.15) is 15.9 Å². The Bertz CT molecular complexity index is 766. The van der Waals surface area contributed by atoms with Gasteiger partial charge in [-0.1, -0.05) is 36.0 Å². The maximum atomic E-state index is 10.6. The Labute approximate surface area is 126 Å². The van der Waals surface area contributed by atoms with Crippen LogP contribution in [0, 0.1) is 0 Å². The van der Waals surface area contributed by atoms with Crippen molar-refractivity contribution in [2.24, 2.45) is 0 Å². The molecule has 5 heteroatoms. The van der Waals surface area contributed by atoms with Crippen molar-refractivity contribution >= 4 is 29.1 Å².